The fraction of sp³-hybridized carbons (Fsp3) is 0.0625. The highest BCUT2D eigenvalue weighted by atomic mass is 32.2. The van der Waals surface area contributed by atoms with Crippen LogP contribution in [0, 0.1) is 10.1 Å². The molecular formula is C16H14N2O5S. The lowest BCUT2D eigenvalue weighted by atomic mass is 10.2. The monoisotopic (exact) mass is 346 g/mol. The van der Waals surface area contributed by atoms with Crippen LogP contribution in [0.5, 0.6) is 0 Å². The number of hydrogen-bond donors (Lipinski definition) is 1. The fourth-order valence-corrected chi connectivity index (χ4v) is 2.57. The van der Waals surface area contributed by atoms with Crippen LogP contribution in [0.1, 0.15) is 5.56 Å². The number of benzene rings is 2. The number of nitro groups is 1. The molecule has 2 rings (SSSR count). The van der Waals surface area contributed by atoms with Gasteiger partial charge in [0.1, 0.15) is 0 Å². The van der Waals surface area contributed by atoms with Gasteiger partial charge >= 0.3 is 0 Å². The van der Waals surface area contributed by atoms with Crippen molar-refractivity contribution in [2.24, 2.45) is 0 Å². The molecular weight excluding hydrogens is 332 g/mol. The Kier molecular flexibility index (Phi) is 5.10. The molecule has 8 heteroatoms. The summed E-state index contributed by atoms with van der Waals surface area (Å²) in [4.78, 5) is 22.2. The van der Waals surface area contributed by atoms with Crippen molar-refractivity contribution in [3.8, 4) is 0 Å². The highest BCUT2D eigenvalue weighted by Crippen LogP contribution is 2.16. The van der Waals surface area contributed by atoms with E-state index in [1.54, 1.807) is 12.1 Å². The van der Waals surface area contributed by atoms with E-state index < -0.39 is 20.7 Å². The quantitative estimate of drug-likeness (QED) is 0.509. The van der Waals surface area contributed by atoms with E-state index in [-0.39, 0.29) is 10.6 Å². The molecule has 0 saturated heterocycles. The van der Waals surface area contributed by atoms with Crippen LogP contribution in [-0.4, -0.2) is 25.5 Å². The minimum absolute atomic E-state index is 0.0709. The van der Waals surface area contributed by atoms with Crippen LogP contribution in [0.25, 0.3) is 6.08 Å². The van der Waals surface area contributed by atoms with E-state index >= 15 is 0 Å². The first-order valence-electron chi connectivity index (χ1n) is 6.79. The van der Waals surface area contributed by atoms with Gasteiger partial charge in [0, 0.05) is 30.2 Å². The maximum absolute atomic E-state index is 11.9. The highest BCUT2D eigenvalue weighted by molar-refractivity contribution is 7.90. The van der Waals surface area contributed by atoms with Gasteiger partial charge in [-0.3, -0.25) is 14.9 Å². The summed E-state index contributed by atoms with van der Waals surface area (Å²) in [5, 5.41) is 13.2. The highest BCUT2D eigenvalue weighted by Gasteiger charge is 2.08. The second kappa shape index (κ2) is 7.05. The number of nitro benzene ring substituents is 1. The Morgan fingerprint density at radius 2 is 1.88 bits per heavy atom. The average Bonchev–Trinajstić information content (AvgIpc) is 2.52. The summed E-state index contributed by atoms with van der Waals surface area (Å²) in [7, 11) is -3.36. The van der Waals surface area contributed by atoms with E-state index in [2.05, 4.69) is 5.32 Å². The van der Waals surface area contributed by atoms with E-state index in [1.165, 1.54) is 48.6 Å². The number of nitrogens with zero attached hydrogens (tertiary/aromatic N) is 1. The summed E-state index contributed by atoms with van der Waals surface area (Å²) in [5.41, 5.74) is 0.772. The van der Waals surface area contributed by atoms with Crippen molar-refractivity contribution >= 4 is 33.2 Å². The number of nitrogens with one attached hydrogen (secondary N) is 1. The van der Waals surface area contributed by atoms with E-state index in [1.807, 2.05) is 0 Å². The molecule has 2 aromatic carbocycles. The minimum Gasteiger partial charge on any atom is -0.322 e. The molecule has 0 aliphatic carbocycles. The lowest BCUT2D eigenvalue weighted by molar-refractivity contribution is -0.384. The predicted octanol–water partition coefficient (Wildman–Crippen LogP) is 2.65. The van der Waals surface area contributed by atoms with Crippen molar-refractivity contribution in [2.75, 3.05) is 11.6 Å². The van der Waals surface area contributed by atoms with Gasteiger partial charge in [0.25, 0.3) is 5.69 Å². The standard InChI is InChI=1S/C16H14N2O5S/c1-24(22,23)15-7-3-5-13(11-15)17-16(19)9-8-12-4-2-6-14(10-12)18(20)21/h2-11H,1H3,(H,17,19)/b9-8+. The molecule has 0 fully saturated rings. The molecule has 0 aliphatic heterocycles. The van der Waals surface area contributed by atoms with Crippen LogP contribution < -0.4 is 5.32 Å². The Morgan fingerprint density at radius 1 is 1.17 bits per heavy atom. The van der Waals surface area contributed by atoms with Crippen LogP contribution >= 0.6 is 0 Å². The number of non-ortho nitro benzene ring substituents is 1. The Hall–Kier alpha value is -3.00. The molecule has 2 aromatic rings. The van der Waals surface area contributed by atoms with Crippen molar-refractivity contribution in [3.63, 3.8) is 0 Å². The number of rotatable bonds is 5. The van der Waals surface area contributed by atoms with Crippen LogP contribution in [0.2, 0.25) is 0 Å². The van der Waals surface area contributed by atoms with Gasteiger partial charge in [-0.25, -0.2) is 8.42 Å². The van der Waals surface area contributed by atoms with Gasteiger partial charge in [-0.05, 0) is 29.8 Å². The number of carbonyl (C=O) groups is 1. The Labute approximate surface area is 138 Å². The van der Waals surface area contributed by atoms with Crippen LogP contribution in [-0.2, 0) is 14.6 Å². The zero-order valence-electron chi connectivity index (χ0n) is 12.7. The van der Waals surface area contributed by atoms with Gasteiger partial charge in [0.2, 0.25) is 5.91 Å². The first-order chi connectivity index (χ1) is 11.3. The summed E-state index contributed by atoms with van der Waals surface area (Å²) in [6.45, 7) is 0. The average molecular weight is 346 g/mol. The van der Waals surface area contributed by atoms with Crippen molar-refractivity contribution in [1.82, 2.24) is 0 Å². The maximum atomic E-state index is 11.9. The molecule has 1 amide bonds. The molecule has 7 nitrogen and oxygen atoms in total. The van der Waals surface area contributed by atoms with Gasteiger partial charge in [-0.2, -0.15) is 0 Å². The first kappa shape index (κ1) is 17.4. The second-order valence-electron chi connectivity index (χ2n) is 4.97. The van der Waals surface area contributed by atoms with Gasteiger partial charge < -0.3 is 5.32 Å². The smallest absolute Gasteiger partial charge is 0.270 e. The summed E-state index contributed by atoms with van der Waals surface area (Å²) in [6, 6.07) is 11.7. The van der Waals surface area contributed by atoms with Gasteiger partial charge in [-0.15, -0.1) is 0 Å². The van der Waals surface area contributed by atoms with Crippen molar-refractivity contribution in [1.29, 1.82) is 0 Å². The number of anilines is 1. The molecule has 0 radical (unpaired) electrons. The SMILES string of the molecule is CS(=O)(=O)c1cccc(NC(=O)/C=C/c2cccc([N+](=O)[O-])c2)c1. The number of hydrogen-bond acceptors (Lipinski definition) is 5. The van der Waals surface area contributed by atoms with Crippen molar-refractivity contribution in [2.45, 2.75) is 4.90 Å². The largest absolute Gasteiger partial charge is 0.322 e. The van der Waals surface area contributed by atoms with Crippen LogP contribution in [0.15, 0.2) is 59.5 Å². The molecule has 0 atom stereocenters. The molecule has 24 heavy (non-hydrogen) atoms. The Morgan fingerprint density at radius 3 is 2.54 bits per heavy atom. The topological polar surface area (TPSA) is 106 Å². The summed E-state index contributed by atoms with van der Waals surface area (Å²) in [6.07, 6.45) is 3.73. The van der Waals surface area contributed by atoms with Gasteiger partial charge in [0.15, 0.2) is 9.84 Å². The zero-order valence-corrected chi connectivity index (χ0v) is 13.5. The Balaban J connectivity index is 2.11. The molecule has 124 valence electrons. The molecule has 0 bridgehead atoms. The molecule has 0 spiro atoms. The van der Waals surface area contributed by atoms with E-state index in [0.717, 1.165) is 6.26 Å². The molecule has 1 N–H and O–H groups in total. The van der Waals surface area contributed by atoms with E-state index in [4.69, 9.17) is 0 Å². The number of sulfone groups is 1. The van der Waals surface area contributed by atoms with Crippen LogP contribution in [0.4, 0.5) is 11.4 Å². The number of amides is 1. The lowest BCUT2D eigenvalue weighted by Crippen LogP contribution is -2.08. The van der Waals surface area contributed by atoms with E-state index in [9.17, 15) is 23.3 Å². The summed E-state index contributed by atoms with van der Waals surface area (Å²) in [5.74, 6) is -0.479. The van der Waals surface area contributed by atoms with Crippen molar-refractivity contribution < 1.29 is 18.1 Å². The molecule has 0 saturated carbocycles. The number of carbonyl (C=O) groups excluding carboxylic acids is 1. The second-order valence-corrected chi connectivity index (χ2v) is 6.99. The fourth-order valence-electron chi connectivity index (χ4n) is 1.90. The van der Waals surface area contributed by atoms with Gasteiger partial charge in [-0.1, -0.05) is 18.2 Å². The third kappa shape index (κ3) is 4.75. The summed E-state index contributed by atoms with van der Waals surface area (Å²) >= 11 is 0. The normalized spacial score (nSPS) is 11.4. The van der Waals surface area contributed by atoms with Crippen molar-refractivity contribution in [3.05, 3.63) is 70.3 Å². The van der Waals surface area contributed by atoms with Gasteiger partial charge in [0.05, 0.1) is 9.82 Å². The first-order valence-corrected chi connectivity index (χ1v) is 8.68. The third-order valence-corrected chi connectivity index (χ3v) is 4.15. The maximum Gasteiger partial charge on any atom is 0.270 e. The molecule has 0 aromatic heterocycles. The van der Waals surface area contributed by atoms with Crippen LogP contribution in [0.3, 0.4) is 0 Å². The lowest BCUT2D eigenvalue weighted by Gasteiger charge is -2.04. The summed E-state index contributed by atoms with van der Waals surface area (Å²) < 4.78 is 23.0. The van der Waals surface area contributed by atoms with E-state index in [0.29, 0.717) is 11.3 Å². The molecule has 0 aliphatic rings. The predicted molar refractivity (Wildman–Crippen MR) is 90.3 cm³/mol. The Bertz CT molecular complexity index is 920. The molecule has 0 unspecified atom stereocenters. The zero-order chi connectivity index (χ0) is 17.7. The molecule has 0 heterocycles. The third-order valence-electron chi connectivity index (χ3n) is 3.04. The minimum atomic E-state index is -3.36.